The van der Waals surface area contributed by atoms with Crippen molar-refractivity contribution in [2.45, 2.75) is 13.8 Å². The molecular formula is C8H10N2O2S. The Kier molecular flexibility index (Phi) is 3.57. The van der Waals surface area contributed by atoms with Crippen molar-refractivity contribution >= 4 is 23.6 Å². The van der Waals surface area contributed by atoms with Gasteiger partial charge in [0.1, 0.15) is 10.8 Å². The number of aromatic nitrogens is 2. The molecular weight excluding hydrogens is 188 g/mol. The third kappa shape index (κ3) is 3.33. The number of hydrogen-bond acceptors (Lipinski definition) is 5. The summed E-state index contributed by atoms with van der Waals surface area (Å²) in [5.74, 6) is 0.365. The topological polar surface area (TPSA) is 52.1 Å². The molecule has 0 saturated carbocycles. The van der Waals surface area contributed by atoms with Gasteiger partial charge in [0.25, 0.3) is 0 Å². The Labute approximate surface area is 80.4 Å². The number of esters is 1. The lowest BCUT2D eigenvalue weighted by molar-refractivity contribution is -0.137. The molecule has 0 bridgehead atoms. The van der Waals surface area contributed by atoms with E-state index in [4.69, 9.17) is 4.74 Å². The molecule has 1 heterocycles. The zero-order valence-electron chi connectivity index (χ0n) is 7.48. The molecule has 0 saturated heterocycles. The van der Waals surface area contributed by atoms with Gasteiger partial charge in [0, 0.05) is 6.08 Å². The van der Waals surface area contributed by atoms with Gasteiger partial charge in [-0.15, -0.1) is 0 Å². The number of hydrogen-bond donors (Lipinski definition) is 0. The summed E-state index contributed by atoms with van der Waals surface area (Å²) in [6.07, 6.45) is 2.95. The minimum atomic E-state index is -0.352. The van der Waals surface area contributed by atoms with Crippen molar-refractivity contribution in [1.82, 2.24) is 9.36 Å². The normalized spacial score (nSPS) is 10.6. The molecule has 1 rings (SSSR count). The van der Waals surface area contributed by atoms with Gasteiger partial charge in [-0.3, -0.25) is 0 Å². The van der Waals surface area contributed by atoms with Crippen LogP contribution >= 0.6 is 11.5 Å². The van der Waals surface area contributed by atoms with Crippen molar-refractivity contribution in [3.8, 4) is 0 Å². The maximum atomic E-state index is 10.9. The van der Waals surface area contributed by atoms with Crippen molar-refractivity contribution in [3.63, 3.8) is 0 Å². The van der Waals surface area contributed by atoms with E-state index in [-0.39, 0.29) is 5.97 Å². The Hall–Kier alpha value is -1.23. The number of aryl methyl sites for hydroxylation is 1. The van der Waals surface area contributed by atoms with E-state index in [1.54, 1.807) is 19.9 Å². The van der Waals surface area contributed by atoms with Crippen molar-refractivity contribution < 1.29 is 9.53 Å². The predicted molar refractivity (Wildman–Crippen MR) is 50.3 cm³/mol. The Morgan fingerprint density at radius 3 is 3.00 bits per heavy atom. The average Bonchev–Trinajstić information content (AvgIpc) is 2.49. The van der Waals surface area contributed by atoms with E-state index in [9.17, 15) is 4.79 Å². The van der Waals surface area contributed by atoms with Crippen molar-refractivity contribution in [2.24, 2.45) is 0 Å². The van der Waals surface area contributed by atoms with E-state index in [1.165, 1.54) is 17.6 Å². The first kappa shape index (κ1) is 9.85. The summed E-state index contributed by atoms with van der Waals surface area (Å²) < 4.78 is 8.67. The fourth-order valence-electron chi connectivity index (χ4n) is 0.711. The van der Waals surface area contributed by atoms with Crippen LogP contribution in [-0.2, 0) is 9.53 Å². The molecule has 0 atom stereocenters. The molecule has 4 nitrogen and oxygen atoms in total. The van der Waals surface area contributed by atoms with Crippen LogP contribution in [0.1, 0.15) is 17.8 Å². The lowest BCUT2D eigenvalue weighted by Crippen LogP contribution is -1.98. The first-order valence-electron chi connectivity index (χ1n) is 3.87. The molecule has 70 valence electrons. The van der Waals surface area contributed by atoms with Crippen LogP contribution in [0.5, 0.6) is 0 Å². The predicted octanol–water partition coefficient (Wildman–Crippen LogP) is 1.42. The monoisotopic (exact) mass is 198 g/mol. The zero-order valence-corrected chi connectivity index (χ0v) is 8.30. The maximum Gasteiger partial charge on any atom is 0.330 e. The third-order valence-electron chi connectivity index (χ3n) is 1.19. The number of nitrogens with zero attached hydrogens (tertiary/aromatic N) is 2. The molecule has 0 aliphatic heterocycles. The van der Waals surface area contributed by atoms with Gasteiger partial charge in [-0.1, -0.05) is 0 Å². The molecule has 0 radical (unpaired) electrons. The molecule has 0 unspecified atom stereocenters. The maximum absolute atomic E-state index is 10.9. The summed E-state index contributed by atoms with van der Waals surface area (Å²) in [5, 5.41) is 0.713. The van der Waals surface area contributed by atoms with E-state index in [0.717, 1.165) is 0 Å². The SMILES string of the molecule is CCOC(=O)/C=C/c1nc(C)ns1. The van der Waals surface area contributed by atoms with E-state index >= 15 is 0 Å². The number of rotatable bonds is 3. The lowest BCUT2D eigenvalue weighted by Gasteiger charge is -1.92. The lowest BCUT2D eigenvalue weighted by atomic mass is 10.5. The molecule has 1 aromatic heterocycles. The van der Waals surface area contributed by atoms with Gasteiger partial charge >= 0.3 is 5.97 Å². The van der Waals surface area contributed by atoms with Gasteiger partial charge in [-0.25, -0.2) is 9.78 Å². The van der Waals surface area contributed by atoms with Crippen LogP contribution in [0.4, 0.5) is 0 Å². The Morgan fingerprint density at radius 2 is 2.46 bits per heavy atom. The van der Waals surface area contributed by atoms with Gasteiger partial charge in [-0.05, 0) is 31.5 Å². The second kappa shape index (κ2) is 4.71. The third-order valence-corrected chi connectivity index (χ3v) is 1.96. The molecule has 1 aromatic rings. The van der Waals surface area contributed by atoms with Crippen LogP contribution in [0.25, 0.3) is 6.08 Å². The smallest absolute Gasteiger partial charge is 0.330 e. The van der Waals surface area contributed by atoms with Gasteiger partial charge in [0.2, 0.25) is 0 Å². The molecule has 13 heavy (non-hydrogen) atoms. The van der Waals surface area contributed by atoms with Crippen molar-refractivity contribution in [3.05, 3.63) is 16.9 Å². The summed E-state index contributed by atoms with van der Waals surface area (Å²) in [6, 6.07) is 0. The summed E-state index contributed by atoms with van der Waals surface area (Å²) in [6.45, 7) is 3.96. The van der Waals surface area contributed by atoms with Crippen LogP contribution in [0.15, 0.2) is 6.08 Å². The molecule has 0 N–H and O–H groups in total. The van der Waals surface area contributed by atoms with Crippen molar-refractivity contribution in [2.75, 3.05) is 6.61 Å². The summed E-state index contributed by atoms with van der Waals surface area (Å²) in [7, 11) is 0. The first-order chi connectivity index (χ1) is 6.22. The van der Waals surface area contributed by atoms with Crippen LogP contribution in [0.2, 0.25) is 0 Å². The second-order valence-electron chi connectivity index (χ2n) is 2.27. The van der Waals surface area contributed by atoms with E-state index in [2.05, 4.69) is 9.36 Å². The fourth-order valence-corrected chi connectivity index (χ4v) is 1.28. The quantitative estimate of drug-likeness (QED) is 0.544. The highest BCUT2D eigenvalue weighted by Gasteiger charge is 1.97. The highest BCUT2D eigenvalue weighted by Crippen LogP contribution is 2.05. The molecule has 0 aromatic carbocycles. The van der Waals surface area contributed by atoms with E-state index in [0.29, 0.717) is 17.4 Å². The van der Waals surface area contributed by atoms with Gasteiger partial charge in [-0.2, -0.15) is 4.37 Å². The zero-order chi connectivity index (χ0) is 9.68. The molecule has 0 spiro atoms. The Bertz CT molecular complexity index is 320. The fraction of sp³-hybridized carbons (Fsp3) is 0.375. The minimum absolute atomic E-state index is 0.352. The van der Waals surface area contributed by atoms with Gasteiger partial charge < -0.3 is 4.74 Å². The highest BCUT2D eigenvalue weighted by atomic mass is 32.1. The van der Waals surface area contributed by atoms with Crippen LogP contribution in [0.3, 0.4) is 0 Å². The average molecular weight is 198 g/mol. The summed E-state index contributed by atoms with van der Waals surface area (Å²) >= 11 is 1.25. The number of ether oxygens (including phenoxy) is 1. The van der Waals surface area contributed by atoms with Crippen LogP contribution < -0.4 is 0 Å². The molecule has 0 fully saturated rings. The molecule has 0 amide bonds. The highest BCUT2D eigenvalue weighted by molar-refractivity contribution is 7.06. The van der Waals surface area contributed by atoms with Gasteiger partial charge in [0.05, 0.1) is 6.61 Å². The number of carbonyl (C=O) groups excluding carboxylic acids is 1. The van der Waals surface area contributed by atoms with E-state index in [1.807, 2.05) is 0 Å². The summed E-state index contributed by atoms with van der Waals surface area (Å²) in [4.78, 5) is 14.9. The number of carbonyl (C=O) groups is 1. The molecule has 0 aliphatic carbocycles. The molecule has 5 heteroatoms. The molecule has 0 aliphatic rings. The van der Waals surface area contributed by atoms with Crippen molar-refractivity contribution in [1.29, 1.82) is 0 Å². The Morgan fingerprint density at radius 1 is 1.69 bits per heavy atom. The van der Waals surface area contributed by atoms with E-state index < -0.39 is 0 Å². The minimum Gasteiger partial charge on any atom is -0.463 e. The largest absolute Gasteiger partial charge is 0.463 e. The van der Waals surface area contributed by atoms with Crippen LogP contribution in [0, 0.1) is 6.92 Å². The second-order valence-corrected chi connectivity index (χ2v) is 3.05. The Balaban J connectivity index is 2.53. The summed E-state index contributed by atoms with van der Waals surface area (Å²) in [5.41, 5.74) is 0. The van der Waals surface area contributed by atoms with Gasteiger partial charge in [0.15, 0.2) is 0 Å². The van der Waals surface area contributed by atoms with Crippen LogP contribution in [-0.4, -0.2) is 21.9 Å². The first-order valence-corrected chi connectivity index (χ1v) is 4.65. The standard InChI is InChI=1S/C8H10N2O2S/c1-3-12-8(11)5-4-7-9-6(2)10-13-7/h4-5H,3H2,1-2H3/b5-4+.